The van der Waals surface area contributed by atoms with Crippen LogP contribution in [0.3, 0.4) is 0 Å². The molecule has 0 aliphatic carbocycles. The Morgan fingerprint density at radius 3 is 0.859 bits per heavy atom. The van der Waals surface area contributed by atoms with E-state index in [1.54, 1.807) is 12.1 Å². The lowest BCUT2D eigenvalue weighted by molar-refractivity contribution is -0.138. The summed E-state index contributed by atoms with van der Waals surface area (Å²) in [5.74, 6) is -2.71. The van der Waals surface area contributed by atoms with Gasteiger partial charge in [0.1, 0.15) is 23.0 Å². The zero-order valence-corrected chi connectivity index (χ0v) is 61.7. The average molecular weight is 1360 g/mol. The van der Waals surface area contributed by atoms with Crippen molar-refractivity contribution >= 4 is 43.6 Å². The molecule has 99 heavy (non-hydrogen) atoms. The molecule has 2 heterocycles. The predicted molar refractivity (Wildman–Crippen MR) is 390 cm³/mol. The van der Waals surface area contributed by atoms with E-state index in [1.807, 2.05) is 85.4 Å². The lowest BCUT2D eigenvalue weighted by Gasteiger charge is -2.36. The largest absolute Gasteiger partial charge is 0.505 e. The van der Waals surface area contributed by atoms with E-state index < -0.39 is 57.4 Å². The quantitative estimate of drug-likeness (QED) is 0.0841. The van der Waals surface area contributed by atoms with Crippen LogP contribution in [0.5, 0.6) is 23.0 Å². The summed E-state index contributed by atoms with van der Waals surface area (Å²) in [6.07, 6.45) is -8.71. The molecule has 0 amide bonds. The predicted octanol–water partition coefficient (Wildman–Crippen LogP) is 25.4. The van der Waals surface area contributed by atoms with Crippen molar-refractivity contribution in [2.24, 2.45) is 10.8 Å². The van der Waals surface area contributed by atoms with Crippen molar-refractivity contribution in [2.75, 3.05) is 13.2 Å². The highest BCUT2D eigenvalue weighted by Crippen LogP contribution is 2.55. The number of hydrogen-bond acceptors (Lipinski definition) is 4. The van der Waals surface area contributed by atoms with Crippen LogP contribution in [0.15, 0.2) is 121 Å². The molecule has 0 unspecified atom stereocenters. The number of benzene rings is 8. The first-order valence-corrected chi connectivity index (χ1v) is 34.3. The van der Waals surface area contributed by atoms with Crippen LogP contribution in [0.1, 0.15) is 216 Å². The minimum Gasteiger partial charge on any atom is -0.505 e. The molecular formula is C85H98F8N2O4. The lowest BCUT2D eigenvalue weighted by Crippen LogP contribution is -2.27. The summed E-state index contributed by atoms with van der Waals surface area (Å²) < 4.78 is 139. The van der Waals surface area contributed by atoms with Gasteiger partial charge in [0.05, 0.1) is 46.4 Å². The Morgan fingerprint density at radius 2 is 0.616 bits per heavy atom. The summed E-state index contributed by atoms with van der Waals surface area (Å²) in [6.45, 7) is 45.9. The maximum Gasteiger partial charge on any atom is 0.416 e. The van der Waals surface area contributed by atoms with Crippen LogP contribution < -0.4 is 9.47 Å². The van der Waals surface area contributed by atoms with Crippen molar-refractivity contribution in [2.45, 2.75) is 216 Å². The molecule has 0 saturated heterocycles. The zero-order valence-electron chi connectivity index (χ0n) is 61.7. The number of aromatic hydroxyl groups is 2. The van der Waals surface area contributed by atoms with E-state index in [0.717, 1.165) is 68.1 Å². The summed E-state index contributed by atoms with van der Waals surface area (Å²) >= 11 is 0. The molecular weight excluding hydrogens is 1260 g/mol. The molecule has 0 saturated carbocycles. The Balaban J connectivity index is 1.24. The van der Waals surface area contributed by atoms with Crippen molar-refractivity contribution in [3.8, 4) is 56.6 Å². The SMILES string of the molecule is CC(C)(C)CC(C)(C)c1cc(-c2cc(F)cc(C(F)(F)F)c2)c(O)c(-n2c3ccc(C(C)(C)C)cc3c3cc(C(C)(C)C)ccc32)c1OCCCOc1c(C(C)(C)CC(C)(C)C)cc(-c2cc(F)cc(C(F)(F)F)c2)c(O)c1-n1c2ccc(C(C)(C)C)cc2c2cc(C(C)(C)C)ccc21. The minimum atomic E-state index is -4.93. The number of alkyl halides is 6. The molecule has 10 rings (SSSR count). The van der Waals surface area contributed by atoms with E-state index in [2.05, 4.69) is 149 Å². The molecule has 0 aliphatic rings. The summed E-state index contributed by atoms with van der Waals surface area (Å²) in [6, 6.07) is 32.5. The molecule has 528 valence electrons. The van der Waals surface area contributed by atoms with Crippen LogP contribution in [0, 0.1) is 22.5 Å². The highest BCUT2D eigenvalue weighted by molar-refractivity contribution is 6.12. The van der Waals surface area contributed by atoms with Gasteiger partial charge in [-0.25, -0.2) is 8.78 Å². The Labute approximate surface area is 579 Å². The molecule has 8 aromatic carbocycles. The molecule has 14 heteroatoms. The molecule has 10 aromatic rings. The van der Waals surface area contributed by atoms with Gasteiger partial charge in [0.25, 0.3) is 0 Å². The summed E-state index contributed by atoms with van der Waals surface area (Å²) in [4.78, 5) is 0. The molecule has 0 atom stereocenters. The highest BCUT2D eigenvalue weighted by atomic mass is 19.4. The molecule has 2 N–H and O–H groups in total. The molecule has 0 aliphatic heterocycles. The fraction of sp³-hybridized carbons (Fsp3) is 0.435. The van der Waals surface area contributed by atoms with Crippen LogP contribution >= 0.6 is 0 Å². The molecule has 0 radical (unpaired) electrons. The second kappa shape index (κ2) is 25.0. The maximum absolute atomic E-state index is 15.8. The third-order valence-electron chi connectivity index (χ3n) is 19.2. The first kappa shape index (κ1) is 73.7. The van der Waals surface area contributed by atoms with Crippen LogP contribution in [-0.4, -0.2) is 32.6 Å². The van der Waals surface area contributed by atoms with Crippen molar-refractivity contribution in [3.05, 3.63) is 177 Å². The lowest BCUT2D eigenvalue weighted by atomic mass is 9.71. The molecule has 0 bridgehead atoms. The summed E-state index contributed by atoms with van der Waals surface area (Å²) in [5, 5.41) is 30.2. The normalized spacial score (nSPS) is 13.6. The van der Waals surface area contributed by atoms with Crippen LogP contribution in [-0.2, 0) is 44.8 Å². The van der Waals surface area contributed by atoms with Crippen molar-refractivity contribution < 1.29 is 54.8 Å². The van der Waals surface area contributed by atoms with E-state index in [9.17, 15) is 36.6 Å². The third-order valence-corrected chi connectivity index (χ3v) is 19.2. The number of halogens is 8. The number of aromatic nitrogens is 2. The van der Waals surface area contributed by atoms with Crippen LogP contribution in [0.4, 0.5) is 35.1 Å². The maximum atomic E-state index is 15.8. The number of nitrogens with zero attached hydrogens (tertiary/aromatic N) is 2. The van der Waals surface area contributed by atoms with Crippen molar-refractivity contribution in [1.29, 1.82) is 0 Å². The van der Waals surface area contributed by atoms with E-state index in [0.29, 0.717) is 58.2 Å². The van der Waals surface area contributed by atoms with E-state index in [4.69, 9.17) is 9.47 Å². The van der Waals surface area contributed by atoms with Gasteiger partial charge < -0.3 is 28.8 Å². The first-order chi connectivity index (χ1) is 45.2. The minimum absolute atomic E-state index is 0.0429. The van der Waals surface area contributed by atoms with Crippen molar-refractivity contribution in [1.82, 2.24) is 9.13 Å². The fourth-order valence-electron chi connectivity index (χ4n) is 14.9. The Hall–Kier alpha value is -8.00. The van der Waals surface area contributed by atoms with Gasteiger partial charge in [-0.1, -0.05) is 177 Å². The number of hydrogen-bond donors (Lipinski definition) is 2. The molecule has 2 aromatic heterocycles. The van der Waals surface area contributed by atoms with E-state index >= 15 is 8.78 Å². The smallest absolute Gasteiger partial charge is 0.416 e. The van der Waals surface area contributed by atoms with Gasteiger partial charge in [-0.3, -0.25) is 0 Å². The van der Waals surface area contributed by atoms with Gasteiger partial charge in [0, 0.05) is 50.2 Å². The number of ether oxygens (including phenoxy) is 2. The van der Waals surface area contributed by atoms with Gasteiger partial charge in [0.2, 0.25) is 0 Å². The molecule has 0 spiro atoms. The third kappa shape index (κ3) is 14.9. The second-order valence-electron chi connectivity index (χ2n) is 35.3. The Morgan fingerprint density at radius 1 is 0.343 bits per heavy atom. The van der Waals surface area contributed by atoms with Crippen molar-refractivity contribution in [3.63, 3.8) is 0 Å². The number of phenolic OH excluding ortho intramolecular Hbond substituents is 2. The number of phenols is 2. The monoisotopic (exact) mass is 1360 g/mol. The average Bonchev–Trinajstić information content (AvgIpc) is 1.64. The number of rotatable bonds is 14. The highest BCUT2D eigenvalue weighted by Gasteiger charge is 2.40. The summed E-state index contributed by atoms with van der Waals surface area (Å²) in [5.41, 5.74) is 1.69. The zero-order chi connectivity index (χ0) is 73.4. The molecule has 6 nitrogen and oxygen atoms in total. The molecule has 0 fully saturated rings. The van der Waals surface area contributed by atoms with Crippen LogP contribution in [0.25, 0.3) is 77.2 Å². The first-order valence-electron chi connectivity index (χ1n) is 34.3. The van der Waals surface area contributed by atoms with Gasteiger partial charge >= 0.3 is 12.4 Å². The summed E-state index contributed by atoms with van der Waals surface area (Å²) in [7, 11) is 0. The van der Waals surface area contributed by atoms with E-state index in [1.165, 1.54) is 0 Å². The number of fused-ring (bicyclic) bond motifs is 6. The van der Waals surface area contributed by atoms with E-state index in [-0.39, 0.29) is 97.3 Å². The standard InChI is InChI=1S/C85H98F8N2O4/c1-76(2,3)46-82(19,20)64-44-58(48-34-54(84(88,89)90)38-56(86)36-48)72(96)70(94-66-28-24-50(78(7,8)9)40-60(66)61-41-51(79(10,11)12)25-29-67(61)94)74(64)98-32-23-33-99-75-65(83(21,22)47-77(4,5)6)45-59(49-35-55(85(91,92)93)39-57(87)37-49)73(97)71(75)95-68-30-26-52(80(13,14)15)42-62(68)63-43-53(81(16,17)18)27-31-69(63)95/h24-31,34-45,96-97H,23,32-33,46-47H2,1-22H3. The van der Waals surface area contributed by atoms with Gasteiger partial charge in [-0.05, 0) is 187 Å². The van der Waals surface area contributed by atoms with Gasteiger partial charge in [-0.15, -0.1) is 0 Å². The topological polar surface area (TPSA) is 68.8 Å². The Bertz CT molecular complexity index is 4340. The second-order valence-corrected chi connectivity index (χ2v) is 35.3. The van der Waals surface area contributed by atoms with Crippen LogP contribution in [0.2, 0.25) is 0 Å². The van der Waals surface area contributed by atoms with Gasteiger partial charge in [0.15, 0.2) is 23.0 Å². The fourth-order valence-corrected chi connectivity index (χ4v) is 14.9. The Kier molecular flexibility index (Phi) is 18.6. The van der Waals surface area contributed by atoms with Gasteiger partial charge in [-0.2, -0.15) is 26.3 Å².